The monoisotopic (exact) mass is 370 g/mol. The molecular formula is C21H26N2O4. The number of pyridine rings is 2. The van der Waals surface area contributed by atoms with Crippen LogP contribution in [0.4, 0.5) is 0 Å². The molecule has 6 heteroatoms. The SMILES string of the molecule is CC.CCC(C)C(C)n1c2c(ccc1=O)C(=O)c1c(C)cc(=O)[nH]c1C2=O. The van der Waals surface area contributed by atoms with E-state index >= 15 is 0 Å². The Bertz CT molecular complexity index is 1010. The van der Waals surface area contributed by atoms with Gasteiger partial charge in [-0.15, -0.1) is 0 Å². The Hall–Kier alpha value is -2.76. The van der Waals surface area contributed by atoms with Gasteiger partial charge in [0.1, 0.15) is 11.4 Å². The molecule has 27 heavy (non-hydrogen) atoms. The second-order valence-electron chi connectivity index (χ2n) is 6.65. The van der Waals surface area contributed by atoms with Crippen molar-refractivity contribution >= 4 is 11.6 Å². The van der Waals surface area contributed by atoms with Crippen molar-refractivity contribution in [3.8, 4) is 0 Å². The topological polar surface area (TPSA) is 89.0 Å². The van der Waals surface area contributed by atoms with Gasteiger partial charge in [-0.2, -0.15) is 0 Å². The molecule has 1 N–H and O–H groups in total. The van der Waals surface area contributed by atoms with Crippen molar-refractivity contribution in [3.05, 3.63) is 67.0 Å². The standard InChI is InChI=1S/C19H20N2O4.C2H6/c1-5-9(2)11(4)21-14(23)7-6-12-17(21)19(25)16-15(18(12)24)10(3)8-13(22)20-16;1-2/h6-9,11H,5H2,1-4H3,(H,20,22);1-2H3. The highest BCUT2D eigenvalue weighted by molar-refractivity contribution is 6.27. The number of rotatable bonds is 3. The number of fused-ring (bicyclic) bond motifs is 2. The van der Waals surface area contributed by atoms with Crippen LogP contribution in [0.1, 0.15) is 84.7 Å². The van der Waals surface area contributed by atoms with E-state index in [4.69, 9.17) is 0 Å². The van der Waals surface area contributed by atoms with Crippen LogP contribution in [0.5, 0.6) is 0 Å². The number of H-pyrrole nitrogens is 1. The highest BCUT2D eigenvalue weighted by Gasteiger charge is 2.35. The minimum atomic E-state index is -0.488. The number of aryl methyl sites for hydroxylation is 1. The fourth-order valence-corrected chi connectivity index (χ4v) is 3.37. The zero-order valence-electron chi connectivity index (χ0n) is 16.7. The van der Waals surface area contributed by atoms with Crippen molar-refractivity contribution in [2.24, 2.45) is 5.92 Å². The summed E-state index contributed by atoms with van der Waals surface area (Å²) in [6.45, 7) is 11.5. The molecule has 0 bridgehead atoms. The molecule has 2 atom stereocenters. The first-order chi connectivity index (χ1) is 12.8. The van der Waals surface area contributed by atoms with Crippen LogP contribution < -0.4 is 11.1 Å². The van der Waals surface area contributed by atoms with Crippen molar-refractivity contribution in [1.29, 1.82) is 0 Å². The van der Waals surface area contributed by atoms with Gasteiger partial charge in [0, 0.05) is 18.2 Å². The number of ketones is 2. The van der Waals surface area contributed by atoms with Crippen molar-refractivity contribution in [1.82, 2.24) is 9.55 Å². The van der Waals surface area contributed by atoms with Crippen LogP contribution in [0.15, 0.2) is 27.8 Å². The van der Waals surface area contributed by atoms with Gasteiger partial charge < -0.3 is 9.55 Å². The fraction of sp³-hybridized carbons (Fsp3) is 0.429. The summed E-state index contributed by atoms with van der Waals surface area (Å²) in [5.74, 6) is -0.688. The molecule has 2 aromatic rings. The van der Waals surface area contributed by atoms with Crippen molar-refractivity contribution in [2.75, 3.05) is 0 Å². The van der Waals surface area contributed by atoms with Gasteiger partial charge in [-0.05, 0) is 31.4 Å². The third-order valence-corrected chi connectivity index (χ3v) is 5.15. The van der Waals surface area contributed by atoms with Gasteiger partial charge in [0.25, 0.3) is 5.56 Å². The minimum Gasteiger partial charge on any atom is -0.318 e. The number of carbonyl (C=O) groups excluding carboxylic acids is 2. The molecule has 2 aromatic heterocycles. The molecule has 2 unspecified atom stereocenters. The van der Waals surface area contributed by atoms with E-state index in [0.29, 0.717) is 5.56 Å². The number of nitrogens with one attached hydrogen (secondary N) is 1. The highest BCUT2D eigenvalue weighted by atomic mass is 16.2. The van der Waals surface area contributed by atoms with E-state index < -0.39 is 11.3 Å². The van der Waals surface area contributed by atoms with Crippen molar-refractivity contribution in [3.63, 3.8) is 0 Å². The molecule has 0 amide bonds. The molecule has 0 aromatic carbocycles. The maximum absolute atomic E-state index is 13.1. The largest absolute Gasteiger partial charge is 0.318 e. The summed E-state index contributed by atoms with van der Waals surface area (Å²) in [4.78, 5) is 52.7. The van der Waals surface area contributed by atoms with Crippen LogP contribution in [0.3, 0.4) is 0 Å². The highest BCUT2D eigenvalue weighted by Crippen LogP contribution is 2.29. The van der Waals surface area contributed by atoms with Crippen LogP contribution in [0.25, 0.3) is 0 Å². The van der Waals surface area contributed by atoms with Gasteiger partial charge in [-0.25, -0.2) is 0 Å². The Morgan fingerprint density at radius 3 is 2.26 bits per heavy atom. The van der Waals surface area contributed by atoms with Crippen LogP contribution >= 0.6 is 0 Å². The third-order valence-electron chi connectivity index (χ3n) is 5.15. The Balaban J connectivity index is 0.00000126. The summed E-state index contributed by atoms with van der Waals surface area (Å²) in [5, 5.41) is 0. The van der Waals surface area contributed by atoms with Crippen LogP contribution in [-0.4, -0.2) is 21.1 Å². The number of carbonyl (C=O) groups is 2. The summed E-state index contributed by atoms with van der Waals surface area (Å²) < 4.78 is 1.40. The van der Waals surface area contributed by atoms with E-state index in [2.05, 4.69) is 4.98 Å². The molecule has 0 aliphatic heterocycles. The molecule has 0 saturated carbocycles. The molecule has 0 spiro atoms. The maximum atomic E-state index is 13.1. The number of hydrogen-bond acceptors (Lipinski definition) is 4. The maximum Gasteiger partial charge on any atom is 0.251 e. The van der Waals surface area contributed by atoms with E-state index in [1.54, 1.807) is 6.92 Å². The first-order valence-electron chi connectivity index (χ1n) is 9.36. The van der Waals surface area contributed by atoms with Crippen LogP contribution in [0.2, 0.25) is 0 Å². The van der Waals surface area contributed by atoms with Crippen LogP contribution in [0, 0.1) is 12.8 Å². The molecule has 3 rings (SSSR count). The summed E-state index contributed by atoms with van der Waals surface area (Å²) in [5.41, 5.74) is 0.139. The lowest BCUT2D eigenvalue weighted by atomic mass is 9.86. The molecule has 1 aliphatic carbocycles. The lowest BCUT2D eigenvalue weighted by Gasteiger charge is -2.27. The molecule has 6 nitrogen and oxygen atoms in total. The van der Waals surface area contributed by atoms with Crippen molar-refractivity contribution in [2.45, 2.75) is 54.0 Å². The van der Waals surface area contributed by atoms with Crippen molar-refractivity contribution < 1.29 is 9.59 Å². The normalized spacial score (nSPS) is 14.6. The molecule has 144 valence electrons. The van der Waals surface area contributed by atoms with E-state index in [1.807, 2.05) is 34.6 Å². The Morgan fingerprint density at radius 2 is 1.67 bits per heavy atom. The number of aromatic nitrogens is 2. The predicted molar refractivity (Wildman–Crippen MR) is 105 cm³/mol. The fourth-order valence-electron chi connectivity index (χ4n) is 3.37. The zero-order valence-corrected chi connectivity index (χ0v) is 16.7. The van der Waals surface area contributed by atoms with E-state index in [0.717, 1.165) is 6.42 Å². The molecule has 0 radical (unpaired) electrons. The Labute approximate surface area is 158 Å². The molecule has 0 saturated heterocycles. The van der Waals surface area contributed by atoms with Gasteiger partial charge in [-0.1, -0.05) is 34.1 Å². The Morgan fingerprint density at radius 1 is 1.04 bits per heavy atom. The summed E-state index contributed by atoms with van der Waals surface area (Å²) in [6.07, 6.45) is 0.825. The summed E-state index contributed by atoms with van der Waals surface area (Å²) >= 11 is 0. The smallest absolute Gasteiger partial charge is 0.251 e. The quantitative estimate of drug-likeness (QED) is 0.766. The molecule has 0 fully saturated rings. The van der Waals surface area contributed by atoms with Gasteiger partial charge >= 0.3 is 0 Å². The average Bonchev–Trinajstić information content (AvgIpc) is 2.65. The number of nitrogens with zero attached hydrogens (tertiary/aromatic N) is 1. The molecule has 1 aliphatic rings. The summed E-state index contributed by atoms with van der Waals surface area (Å²) in [7, 11) is 0. The van der Waals surface area contributed by atoms with Crippen LogP contribution in [-0.2, 0) is 0 Å². The second-order valence-corrected chi connectivity index (χ2v) is 6.65. The van der Waals surface area contributed by atoms with E-state index in [1.165, 1.54) is 22.8 Å². The average molecular weight is 370 g/mol. The first kappa shape index (κ1) is 20.6. The van der Waals surface area contributed by atoms with Gasteiger partial charge in [0.2, 0.25) is 11.3 Å². The zero-order chi connectivity index (χ0) is 20.5. The number of hydrogen-bond donors (Lipinski definition) is 1. The lowest BCUT2D eigenvalue weighted by Crippen LogP contribution is -2.37. The van der Waals surface area contributed by atoms with Gasteiger partial charge in [0.15, 0.2) is 5.78 Å². The van der Waals surface area contributed by atoms with Gasteiger partial charge in [0.05, 0.1) is 11.1 Å². The van der Waals surface area contributed by atoms with Gasteiger partial charge in [-0.3, -0.25) is 19.2 Å². The third kappa shape index (κ3) is 3.31. The summed E-state index contributed by atoms with van der Waals surface area (Å²) in [6, 6.07) is 3.79. The first-order valence-corrected chi connectivity index (χ1v) is 9.36. The second kappa shape index (κ2) is 7.86. The lowest BCUT2D eigenvalue weighted by molar-refractivity contribution is 0.0962. The Kier molecular flexibility index (Phi) is 5.98. The van der Waals surface area contributed by atoms with E-state index in [9.17, 15) is 19.2 Å². The molecular weight excluding hydrogens is 344 g/mol. The van der Waals surface area contributed by atoms with E-state index in [-0.39, 0.29) is 45.8 Å². The number of aromatic amines is 1. The molecule has 2 heterocycles. The minimum absolute atomic E-state index is 0.0294. The predicted octanol–water partition coefficient (Wildman–Crippen LogP) is 3.25.